The van der Waals surface area contributed by atoms with Crippen LogP contribution in [0.4, 0.5) is 0 Å². The molecule has 1 saturated heterocycles. The largest absolute Gasteiger partial charge is 0.388 e. The summed E-state index contributed by atoms with van der Waals surface area (Å²) >= 11 is 0. The first-order valence-corrected chi connectivity index (χ1v) is 9.05. The van der Waals surface area contributed by atoms with E-state index in [2.05, 4.69) is 12.2 Å². The summed E-state index contributed by atoms with van der Waals surface area (Å²) in [6, 6.07) is 0. The summed E-state index contributed by atoms with van der Waals surface area (Å²) in [7, 11) is 1.41. The maximum Gasteiger partial charge on any atom is 0.186 e. The van der Waals surface area contributed by atoms with Crippen molar-refractivity contribution in [1.82, 2.24) is 5.32 Å². The molecular weight excluding hydrogens is 298 g/mol. The van der Waals surface area contributed by atoms with Gasteiger partial charge in [0, 0.05) is 13.7 Å². The minimum Gasteiger partial charge on any atom is -0.388 e. The van der Waals surface area contributed by atoms with E-state index >= 15 is 0 Å². The Morgan fingerprint density at radius 3 is 2.09 bits per heavy atom. The highest BCUT2D eigenvalue weighted by atomic mass is 16.7. The summed E-state index contributed by atoms with van der Waals surface area (Å²) < 4.78 is 10.4. The van der Waals surface area contributed by atoms with Crippen LogP contribution in [0, 0.1) is 0 Å². The van der Waals surface area contributed by atoms with Gasteiger partial charge in [0.15, 0.2) is 6.29 Å². The van der Waals surface area contributed by atoms with Gasteiger partial charge in [0.05, 0.1) is 0 Å². The summed E-state index contributed by atoms with van der Waals surface area (Å²) in [4.78, 5) is 0. The molecule has 1 rings (SSSR count). The van der Waals surface area contributed by atoms with E-state index in [-0.39, 0.29) is 0 Å². The molecule has 138 valence electrons. The van der Waals surface area contributed by atoms with Gasteiger partial charge in [-0.15, -0.1) is 0 Å². The molecule has 0 unspecified atom stereocenters. The van der Waals surface area contributed by atoms with E-state index < -0.39 is 30.7 Å². The number of aliphatic hydroxyl groups is 3. The van der Waals surface area contributed by atoms with Crippen molar-refractivity contribution in [2.24, 2.45) is 0 Å². The lowest BCUT2D eigenvalue weighted by Gasteiger charge is -2.39. The van der Waals surface area contributed by atoms with Gasteiger partial charge in [0.25, 0.3) is 0 Å². The van der Waals surface area contributed by atoms with Crippen molar-refractivity contribution in [1.29, 1.82) is 0 Å². The highest BCUT2D eigenvalue weighted by Gasteiger charge is 2.43. The number of hydrogen-bond acceptors (Lipinski definition) is 6. The third kappa shape index (κ3) is 7.45. The van der Waals surface area contributed by atoms with E-state index in [1.54, 1.807) is 0 Å². The molecule has 1 heterocycles. The molecule has 1 aliphatic rings. The van der Waals surface area contributed by atoms with Gasteiger partial charge < -0.3 is 30.1 Å². The topological polar surface area (TPSA) is 91.2 Å². The standard InChI is InChI=1S/C17H35NO5/c1-3-4-5-6-7-8-9-10-11-18-12-13-14(19)15(20)16(21)17(22-2)23-13/h13-21H,3-12H2,1-2H3/t13-,14-,15+,16-,17+/m1/s1. The molecule has 0 radical (unpaired) electrons. The van der Waals surface area contributed by atoms with E-state index in [1.807, 2.05) is 0 Å². The lowest BCUT2D eigenvalue weighted by Crippen LogP contribution is -2.60. The first-order chi connectivity index (χ1) is 11.1. The molecule has 23 heavy (non-hydrogen) atoms. The van der Waals surface area contributed by atoms with E-state index in [0.29, 0.717) is 6.54 Å². The maximum atomic E-state index is 9.93. The molecule has 0 amide bonds. The predicted octanol–water partition coefficient (Wildman–Crippen LogP) is 1.17. The third-order valence-corrected chi connectivity index (χ3v) is 4.45. The first-order valence-electron chi connectivity index (χ1n) is 9.05. The van der Waals surface area contributed by atoms with E-state index in [9.17, 15) is 15.3 Å². The fourth-order valence-electron chi connectivity index (χ4n) is 2.91. The Kier molecular flexibility index (Phi) is 11.0. The molecule has 0 saturated carbocycles. The van der Waals surface area contributed by atoms with Crippen molar-refractivity contribution >= 4 is 0 Å². The molecule has 0 spiro atoms. The molecule has 6 heteroatoms. The molecule has 0 aromatic heterocycles. The molecule has 0 aromatic carbocycles. The molecule has 1 aliphatic heterocycles. The smallest absolute Gasteiger partial charge is 0.186 e. The Labute approximate surface area is 140 Å². The van der Waals surface area contributed by atoms with Crippen LogP contribution >= 0.6 is 0 Å². The molecule has 6 nitrogen and oxygen atoms in total. The normalized spacial score (nSPS) is 31.4. The van der Waals surface area contributed by atoms with Gasteiger partial charge in [-0.2, -0.15) is 0 Å². The molecule has 1 fully saturated rings. The minimum atomic E-state index is -1.25. The SMILES string of the molecule is CCCCCCCCCCNC[C@H]1O[C@H](OC)[C@H](O)[C@@H](O)[C@@H]1O. The van der Waals surface area contributed by atoms with Gasteiger partial charge in [0.1, 0.15) is 24.4 Å². The van der Waals surface area contributed by atoms with Crippen LogP contribution in [-0.4, -0.2) is 66.2 Å². The van der Waals surface area contributed by atoms with Crippen molar-refractivity contribution in [2.75, 3.05) is 20.2 Å². The Bertz CT molecular complexity index is 290. The van der Waals surface area contributed by atoms with E-state index in [1.165, 1.54) is 52.1 Å². The fraction of sp³-hybridized carbons (Fsp3) is 1.00. The van der Waals surface area contributed by atoms with Crippen LogP contribution in [0.5, 0.6) is 0 Å². The van der Waals surface area contributed by atoms with Crippen molar-refractivity contribution in [3.8, 4) is 0 Å². The van der Waals surface area contributed by atoms with Crippen LogP contribution in [0.1, 0.15) is 58.3 Å². The molecule has 0 bridgehead atoms. The zero-order valence-corrected chi connectivity index (χ0v) is 14.6. The summed E-state index contributed by atoms with van der Waals surface area (Å²) in [5, 5.41) is 32.7. The summed E-state index contributed by atoms with van der Waals surface area (Å²) in [6.45, 7) is 3.52. The molecule has 0 aliphatic carbocycles. The molecular formula is C17H35NO5. The number of nitrogens with one attached hydrogen (secondary N) is 1. The number of methoxy groups -OCH3 is 1. The molecule has 5 atom stereocenters. The molecule has 4 N–H and O–H groups in total. The van der Waals surface area contributed by atoms with Crippen LogP contribution in [0.25, 0.3) is 0 Å². The minimum absolute atomic E-state index is 0.432. The number of unbranched alkanes of at least 4 members (excludes halogenated alkanes) is 7. The molecule has 0 aromatic rings. The summed E-state index contributed by atoms with van der Waals surface area (Å²) in [6.07, 6.45) is 5.13. The third-order valence-electron chi connectivity index (χ3n) is 4.45. The van der Waals surface area contributed by atoms with Gasteiger partial charge >= 0.3 is 0 Å². The van der Waals surface area contributed by atoms with Gasteiger partial charge in [-0.3, -0.25) is 0 Å². The van der Waals surface area contributed by atoms with Crippen molar-refractivity contribution < 1.29 is 24.8 Å². The van der Waals surface area contributed by atoms with Gasteiger partial charge in [-0.05, 0) is 13.0 Å². The highest BCUT2D eigenvalue weighted by Crippen LogP contribution is 2.21. The average Bonchev–Trinajstić information content (AvgIpc) is 2.56. The number of aliphatic hydroxyl groups excluding tert-OH is 3. The van der Waals surface area contributed by atoms with E-state index in [0.717, 1.165) is 13.0 Å². The maximum absolute atomic E-state index is 9.93. The van der Waals surface area contributed by atoms with Gasteiger partial charge in [-0.25, -0.2) is 0 Å². The Morgan fingerprint density at radius 1 is 0.870 bits per heavy atom. The Morgan fingerprint density at radius 2 is 1.48 bits per heavy atom. The second-order valence-corrected chi connectivity index (χ2v) is 6.43. The second kappa shape index (κ2) is 12.2. The van der Waals surface area contributed by atoms with Crippen molar-refractivity contribution in [2.45, 2.75) is 89.0 Å². The van der Waals surface area contributed by atoms with Crippen molar-refractivity contribution in [3.05, 3.63) is 0 Å². The quantitative estimate of drug-likeness (QED) is 0.401. The van der Waals surface area contributed by atoms with E-state index in [4.69, 9.17) is 9.47 Å². The number of ether oxygens (including phenoxy) is 2. The van der Waals surface area contributed by atoms with Gasteiger partial charge in [0.2, 0.25) is 0 Å². The zero-order valence-electron chi connectivity index (χ0n) is 14.6. The first kappa shape index (κ1) is 20.8. The van der Waals surface area contributed by atoms with Crippen LogP contribution in [0.15, 0.2) is 0 Å². The zero-order chi connectivity index (χ0) is 17.1. The van der Waals surface area contributed by atoms with Crippen LogP contribution in [0.2, 0.25) is 0 Å². The summed E-state index contributed by atoms with van der Waals surface area (Å²) in [5.41, 5.74) is 0. The number of rotatable bonds is 12. The number of hydrogen-bond donors (Lipinski definition) is 4. The van der Waals surface area contributed by atoms with Crippen LogP contribution < -0.4 is 5.32 Å². The lowest BCUT2D eigenvalue weighted by atomic mass is 9.99. The average molecular weight is 333 g/mol. The summed E-state index contributed by atoms with van der Waals surface area (Å²) in [5.74, 6) is 0. The fourth-order valence-corrected chi connectivity index (χ4v) is 2.91. The monoisotopic (exact) mass is 333 g/mol. The Balaban J connectivity index is 2.06. The Hall–Kier alpha value is -0.240. The van der Waals surface area contributed by atoms with Crippen LogP contribution in [-0.2, 0) is 9.47 Å². The highest BCUT2D eigenvalue weighted by molar-refractivity contribution is 4.89. The predicted molar refractivity (Wildman–Crippen MR) is 89.2 cm³/mol. The lowest BCUT2D eigenvalue weighted by molar-refractivity contribution is -0.288. The van der Waals surface area contributed by atoms with Crippen LogP contribution in [0.3, 0.4) is 0 Å². The van der Waals surface area contributed by atoms with Crippen molar-refractivity contribution in [3.63, 3.8) is 0 Å². The van der Waals surface area contributed by atoms with Gasteiger partial charge in [-0.1, -0.05) is 51.9 Å². The second-order valence-electron chi connectivity index (χ2n) is 6.43.